The van der Waals surface area contributed by atoms with Crippen molar-refractivity contribution in [1.82, 2.24) is 10.2 Å². The van der Waals surface area contributed by atoms with Gasteiger partial charge >= 0.3 is 6.03 Å². The third-order valence-electron chi connectivity index (χ3n) is 4.87. The average molecular weight is 348 g/mol. The molecule has 0 saturated carbocycles. The van der Waals surface area contributed by atoms with Crippen LogP contribution in [0.15, 0.2) is 24.3 Å². The predicted octanol–water partition coefficient (Wildman–Crippen LogP) is 1.99. The first-order valence-electron chi connectivity index (χ1n) is 8.71. The van der Waals surface area contributed by atoms with E-state index < -0.39 is 4.92 Å². The summed E-state index contributed by atoms with van der Waals surface area (Å²) < 4.78 is 5.61. The monoisotopic (exact) mass is 348 g/mol. The van der Waals surface area contributed by atoms with E-state index in [4.69, 9.17) is 4.74 Å². The lowest BCUT2D eigenvalue weighted by Gasteiger charge is -2.36. The van der Waals surface area contributed by atoms with Crippen molar-refractivity contribution in [3.63, 3.8) is 0 Å². The number of hydrogen-bond acceptors (Lipinski definition) is 5. The molecular weight excluding hydrogens is 324 g/mol. The quantitative estimate of drug-likeness (QED) is 0.664. The number of carbonyl (C=O) groups is 1. The standard InChI is InChI=1S/C17H24N4O4/c1-13(16-3-2-12-25-16)18-17(22)20-10-8-19(9-11-20)14-4-6-15(7-5-14)21(23)24/h4-7,13,16H,2-3,8-12H2,1H3,(H,18,22)/t13-,16+/m0/s1. The van der Waals surface area contributed by atoms with Gasteiger partial charge in [0.15, 0.2) is 0 Å². The van der Waals surface area contributed by atoms with E-state index >= 15 is 0 Å². The van der Waals surface area contributed by atoms with Gasteiger partial charge in [-0.1, -0.05) is 0 Å². The fourth-order valence-electron chi connectivity index (χ4n) is 3.33. The van der Waals surface area contributed by atoms with E-state index in [1.165, 1.54) is 12.1 Å². The van der Waals surface area contributed by atoms with E-state index in [2.05, 4.69) is 10.2 Å². The van der Waals surface area contributed by atoms with E-state index in [1.807, 2.05) is 11.8 Å². The third kappa shape index (κ3) is 4.19. The number of benzene rings is 1. The fourth-order valence-corrected chi connectivity index (χ4v) is 3.33. The fraction of sp³-hybridized carbons (Fsp3) is 0.588. The van der Waals surface area contributed by atoms with Crippen molar-refractivity contribution in [3.05, 3.63) is 34.4 Å². The molecule has 2 fully saturated rings. The minimum atomic E-state index is -0.402. The molecule has 2 amide bonds. The average Bonchev–Trinajstić information content (AvgIpc) is 3.17. The maximum atomic E-state index is 12.4. The van der Waals surface area contributed by atoms with Crippen LogP contribution in [-0.4, -0.2) is 60.8 Å². The van der Waals surface area contributed by atoms with Gasteiger partial charge in [0, 0.05) is 50.6 Å². The van der Waals surface area contributed by atoms with Crippen molar-refractivity contribution in [2.75, 3.05) is 37.7 Å². The lowest BCUT2D eigenvalue weighted by atomic mass is 10.1. The number of ether oxygens (including phenoxy) is 1. The van der Waals surface area contributed by atoms with Crippen molar-refractivity contribution < 1.29 is 14.5 Å². The Kier molecular flexibility index (Phi) is 5.37. The van der Waals surface area contributed by atoms with Gasteiger partial charge in [0.25, 0.3) is 5.69 Å². The smallest absolute Gasteiger partial charge is 0.317 e. The van der Waals surface area contributed by atoms with Gasteiger partial charge < -0.3 is 19.9 Å². The number of non-ortho nitro benzene ring substituents is 1. The third-order valence-corrected chi connectivity index (χ3v) is 4.87. The first-order chi connectivity index (χ1) is 12.0. The summed E-state index contributed by atoms with van der Waals surface area (Å²) in [4.78, 5) is 26.7. The molecule has 8 heteroatoms. The van der Waals surface area contributed by atoms with Crippen LogP contribution in [0.1, 0.15) is 19.8 Å². The van der Waals surface area contributed by atoms with Crippen LogP contribution in [0.5, 0.6) is 0 Å². The lowest BCUT2D eigenvalue weighted by Crippen LogP contribution is -2.54. The predicted molar refractivity (Wildman–Crippen MR) is 93.9 cm³/mol. The molecule has 2 saturated heterocycles. The summed E-state index contributed by atoms with van der Waals surface area (Å²) in [5.74, 6) is 0. The maximum Gasteiger partial charge on any atom is 0.317 e. The van der Waals surface area contributed by atoms with Crippen LogP contribution in [0.4, 0.5) is 16.2 Å². The zero-order valence-corrected chi connectivity index (χ0v) is 14.4. The number of urea groups is 1. The molecule has 2 aliphatic rings. The maximum absolute atomic E-state index is 12.4. The van der Waals surface area contributed by atoms with Crippen LogP contribution in [0.25, 0.3) is 0 Å². The molecule has 8 nitrogen and oxygen atoms in total. The number of nitrogens with one attached hydrogen (secondary N) is 1. The molecule has 0 aliphatic carbocycles. The van der Waals surface area contributed by atoms with Crippen LogP contribution >= 0.6 is 0 Å². The van der Waals surface area contributed by atoms with E-state index in [-0.39, 0.29) is 23.9 Å². The normalized spacial score (nSPS) is 21.9. The molecule has 25 heavy (non-hydrogen) atoms. The summed E-state index contributed by atoms with van der Waals surface area (Å²) in [6.07, 6.45) is 2.17. The van der Waals surface area contributed by atoms with Gasteiger partial charge in [0.05, 0.1) is 17.1 Å². The molecule has 136 valence electrons. The summed E-state index contributed by atoms with van der Waals surface area (Å²) in [6, 6.07) is 6.50. The molecular formula is C17H24N4O4. The van der Waals surface area contributed by atoms with Crippen molar-refractivity contribution in [1.29, 1.82) is 0 Å². The van der Waals surface area contributed by atoms with Crippen LogP contribution in [0.2, 0.25) is 0 Å². The number of amides is 2. The Bertz CT molecular complexity index is 608. The highest BCUT2D eigenvalue weighted by Gasteiger charge is 2.27. The zero-order chi connectivity index (χ0) is 17.8. The second kappa shape index (κ2) is 7.69. The van der Waals surface area contributed by atoms with Crippen LogP contribution in [0, 0.1) is 10.1 Å². The largest absolute Gasteiger partial charge is 0.376 e. The number of nitro benzene ring substituents is 1. The Morgan fingerprint density at radius 1 is 1.28 bits per heavy atom. The number of hydrogen-bond donors (Lipinski definition) is 1. The number of nitrogens with zero attached hydrogens (tertiary/aromatic N) is 3. The summed E-state index contributed by atoms with van der Waals surface area (Å²) in [6.45, 7) is 5.43. The number of anilines is 1. The Labute approximate surface area is 146 Å². The number of rotatable bonds is 4. The molecule has 0 unspecified atom stereocenters. The molecule has 1 aromatic rings. The number of nitro groups is 1. The van der Waals surface area contributed by atoms with Gasteiger partial charge in [0.1, 0.15) is 0 Å². The highest BCUT2D eigenvalue weighted by molar-refractivity contribution is 5.75. The van der Waals surface area contributed by atoms with Crippen LogP contribution < -0.4 is 10.2 Å². The first-order valence-corrected chi connectivity index (χ1v) is 8.71. The van der Waals surface area contributed by atoms with Crippen molar-refractivity contribution in [3.8, 4) is 0 Å². The van der Waals surface area contributed by atoms with Gasteiger partial charge in [-0.05, 0) is 31.9 Å². The Morgan fingerprint density at radius 3 is 2.52 bits per heavy atom. The van der Waals surface area contributed by atoms with Gasteiger partial charge in [-0.15, -0.1) is 0 Å². The molecule has 0 spiro atoms. The van der Waals surface area contributed by atoms with E-state index in [9.17, 15) is 14.9 Å². The SMILES string of the molecule is C[C@H](NC(=O)N1CCN(c2ccc([N+](=O)[O-])cc2)CC1)[C@H]1CCCO1. The summed E-state index contributed by atoms with van der Waals surface area (Å²) >= 11 is 0. The molecule has 0 radical (unpaired) electrons. The van der Waals surface area contributed by atoms with Gasteiger partial charge in [-0.3, -0.25) is 10.1 Å². The molecule has 2 heterocycles. The number of carbonyl (C=O) groups excluding carboxylic acids is 1. The molecule has 0 bridgehead atoms. The topological polar surface area (TPSA) is 88.0 Å². The zero-order valence-electron chi connectivity index (χ0n) is 14.4. The van der Waals surface area contributed by atoms with Gasteiger partial charge in [-0.2, -0.15) is 0 Å². The van der Waals surface area contributed by atoms with Crippen LogP contribution in [-0.2, 0) is 4.74 Å². The van der Waals surface area contributed by atoms with Crippen molar-refractivity contribution in [2.24, 2.45) is 0 Å². The molecule has 3 rings (SSSR count). The lowest BCUT2D eigenvalue weighted by molar-refractivity contribution is -0.384. The highest BCUT2D eigenvalue weighted by atomic mass is 16.6. The van der Waals surface area contributed by atoms with E-state index in [1.54, 1.807) is 12.1 Å². The Morgan fingerprint density at radius 2 is 1.96 bits per heavy atom. The second-order valence-electron chi connectivity index (χ2n) is 6.54. The van der Waals surface area contributed by atoms with Gasteiger partial charge in [-0.25, -0.2) is 4.79 Å². The molecule has 2 atom stereocenters. The minimum absolute atomic E-state index is 0.0164. The van der Waals surface area contributed by atoms with Gasteiger partial charge in [0.2, 0.25) is 0 Å². The Balaban J connectivity index is 1.49. The van der Waals surface area contributed by atoms with Crippen molar-refractivity contribution in [2.45, 2.75) is 31.9 Å². The second-order valence-corrected chi connectivity index (χ2v) is 6.54. The minimum Gasteiger partial charge on any atom is -0.376 e. The molecule has 2 aliphatic heterocycles. The molecule has 0 aromatic heterocycles. The molecule has 1 N–H and O–H groups in total. The van der Waals surface area contributed by atoms with E-state index in [0.29, 0.717) is 26.2 Å². The highest BCUT2D eigenvalue weighted by Crippen LogP contribution is 2.21. The first kappa shape index (κ1) is 17.5. The Hall–Kier alpha value is -2.35. The van der Waals surface area contributed by atoms with Crippen LogP contribution in [0.3, 0.4) is 0 Å². The summed E-state index contributed by atoms with van der Waals surface area (Å²) in [5.41, 5.74) is 1.03. The van der Waals surface area contributed by atoms with E-state index in [0.717, 1.165) is 25.1 Å². The number of piperazine rings is 1. The molecule has 1 aromatic carbocycles. The summed E-state index contributed by atoms with van der Waals surface area (Å²) in [5, 5.41) is 13.8. The van der Waals surface area contributed by atoms with Crippen molar-refractivity contribution >= 4 is 17.4 Å². The summed E-state index contributed by atoms with van der Waals surface area (Å²) in [7, 11) is 0.